The number of nitrogens with zero attached hydrogens (tertiary/aromatic N) is 4. The van der Waals surface area contributed by atoms with Crippen LogP contribution in [0.5, 0.6) is 5.88 Å². The Balaban J connectivity index is 1.72. The molecule has 1 unspecified atom stereocenters. The number of rotatable bonds is 5. The zero-order valence-electron chi connectivity index (χ0n) is 15.6. The summed E-state index contributed by atoms with van der Waals surface area (Å²) in [7, 11) is 0. The van der Waals surface area contributed by atoms with Crippen molar-refractivity contribution in [1.29, 1.82) is 0 Å². The molecule has 11 nitrogen and oxygen atoms in total. The van der Waals surface area contributed by atoms with Crippen LogP contribution >= 0.6 is 6.72 Å². The molecule has 0 radical (unpaired) electrons. The Kier molecular flexibility index (Phi) is 5.07. The van der Waals surface area contributed by atoms with Crippen molar-refractivity contribution in [3.63, 3.8) is 0 Å². The van der Waals surface area contributed by atoms with Crippen LogP contribution in [0.3, 0.4) is 0 Å². The number of hydrogen-bond donors (Lipinski definition) is 2. The van der Waals surface area contributed by atoms with E-state index >= 15 is 0 Å². The molecule has 28 heavy (non-hydrogen) atoms. The van der Waals surface area contributed by atoms with Crippen molar-refractivity contribution in [2.75, 3.05) is 25.6 Å². The van der Waals surface area contributed by atoms with Crippen LogP contribution in [0.4, 0.5) is 5.95 Å². The molecule has 13 heteroatoms. The van der Waals surface area contributed by atoms with E-state index in [9.17, 15) is 5.11 Å². The molecule has 154 valence electrons. The molecule has 5 atom stereocenters. The van der Waals surface area contributed by atoms with Gasteiger partial charge in [0.05, 0.1) is 26.1 Å². The number of fused-ring (bicyclic) bond motifs is 2. The highest BCUT2D eigenvalue weighted by Gasteiger charge is 2.59. The second-order valence-corrected chi connectivity index (χ2v) is 9.55. The Morgan fingerprint density at radius 1 is 1.43 bits per heavy atom. The molecule has 0 aliphatic carbocycles. The number of nitrogen functional groups attached to an aromatic ring is 1. The highest BCUT2D eigenvalue weighted by Crippen LogP contribution is 2.59. The second kappa shape index (κ2) is 7.13. The highest BCUT2D eigenvalue weighted by molar-refractivity contribution is 8.07. The lowest BCUT2D eigenvalue weighted by molar-refractivity contribution is -0.0892. The van der Waals surface area contributed by atoms with Crippen LogP contribution in [-0.2, 0) is 30.1 Å². The van der Waals surface area contributed by atoms with E-state index in [1.54, 1.807) is 18.4 Å². The maximum Gasteiger partial charge on any atom is 0.327 e. The van der Waals surface area contributed by atoms with Gasteiger partial charge in [-0.2, -0.15) is 9.97 Å². The first-order valence-electron chi connectivity index (χ1n) is 8.87. The van der Waals surface area contributed by atoms with Gasteiger partial charge in [-0.1, -0.05) is 0 Å². The number of ether oxygens (including phenoxy) is 2. The molecule has 4 heterocycles. The minimum absolute atomic E-state index is 0.0270. The van der Waals surface area contributed by atoms with Gasteiger partial charge in [-0.05, 0) is 32.6 Å². The number of hydrogen-bond acceptors (Lipinski definition) is 11. The van der Waals surface area contributed by atoms with Crippen LogP contribution < -0.4 is 10.5 Å². The fourth-order valence-corrected chi connectivity index (χ4v) is 5.66. The first kappa shape index (κ1) is 19.9. The van der Waals surface area contributed by atoms with Crippen LogP contribution in [0.2, 0.25) is 0 Å². The van der Waals surface area contributed by atoms with E-state index in [4.69, 9.17) is 40.6 Å². The SMILES string of the molecule is CCOc1nc(N)nc2c1ncn2[C@@H]1O[C@@H]2COP(=S)(OCC)O[C@H]2[C@@]1(C)O. The molecule has 0 amide bonds. The largest absolute Gasteiger partial charge is 0.476 e. The third-order valence-electron chi connectivity index (χ3n) is 4.58. The average molecular weight is 431 g/mol. The maximum atomic E-state index is 11.3. The van der Waals surface area contributed by atoms with Crippen molar-refractivity contribution in [2.24, 2.45) is 0 Å². The molecule has 4 rings (SSSR count). The van der Waals surface area contributed by atoms with Crippen molar-refractivity contribution in [3.8, 4) is 5.88 Å². The van der Waals surface area contributed by atoms with Gasteiger partial charge in [0.25, 0.3) is 0 Å². The molecule has 0 bridgehead atoms. The molecule has 3 N–H and O–H groups in total. The van der Waals surface area contributed by atoms with E-state index in [1.807, 2.05) is 6.92 Å². The van der Waals surface area contributed by atoms with E-state index in [-0.39, 0.29) is 18.4 Å². The first-order valence-corrected chi connectivity index (χ1v) is 11.4. The second-order valence-electron chi connectivity index (χ2n) is 6.58. The molecule has 2 fully saturated rings. The van der Waals surface area contributed by atoms with Crippen LogP contribution in [0.25, 0.3) is 11.2 Å². The van der Waals surface area contributed by atoms with E-state index in [2.05, 4.69) is 15.0 Å². The molecule has 2 aliphatic heterocycles. The molecule has 2 aliphatic rings. The van der Waals surface area contributed by atoms with Gasteiger partial charge < -0.3 is 29.4 Å². The van der Waals surface area contributed by atoms with Crippen molar-refractivity contribution in [3.05, 3.63) is 6.33 Å². The predicted octanol–water partition coefficient (Wildman–Crippen LogP) is 1.13. The fourth-order valence-electron chi connectivity index (χ4n) is 3.42. The Hall–Kier alpha value is -1.40. The first-order chi connectivity index (χ1) is 13.3. The van der Waals surface area contributed by atoms with Crippen molar-refractivity contribution in [1.82, 2.24) is 19.5 Å². The Morgan fingerprint density at radius 3 is 2.93 bits per heavy atom. The fraction of sp³-hybridized carbons (Fsp3) is 0.667. The van der Waals surface area contributed by atoms with Crippen LogP contribution in [0.15, 0.2) is 6.33 Å². The summed E-state index contributed by atoms with van der Waals surface area (Å²) in [6.07, 6.45) is -0.619. The molecule has 2 aromatic rings. The van der Waals surface area contributed by atoms with Gasteiger partial charge in [-0.25, -0.2) is 4.98 Å². The summed E-state index contributed by atoms with van der Waals surface area (Å²) in [6.45, 7) is 3.21. The van der Waals surface area contributed by atoms with E-state index in [0.29, 0.717) is 24.4 Å². The summed E-state index contributed by atoms with van der Waals surface area (Å²) in [5.74, 6) is 0.296. The summed E-state index contributed by atoms with van der Waals surface area (Å²) in [5.41, 5.74) is 5.17. The third-order valence-corrected chi connectivity index (χ3v) is 7.00. The lowest BCUT2D eigenvalue weighted by Gasteiger charge is -2.36. The number of anilines is 1. The summed E-state index contributed by atoms with van der Waals surface area (Å²) in [4.78, 5) is 12.6. The topological polar surface area (TPSA) is 136 Å². The number of imidazole rings is 1. The normalized spacial score (nSPS) is 35.2. The van der Waals surface area contributed by atoms with Crippen LogP contribution in [0.1, 0.15) is 27.0 Å². The summed E-state index contributed by atoms with van der Waals surface area (Å²) >= 11 is 5.36. The monoisotopic (exact) mass is 431 g/mol. The number of aromatic nitrogens is 4. The number of aliphatic hydroxyl groups is 1. The standard InChI is InChI=1S/C15H22N5O6PS/c1-4-22-12-9-11(18-14(16)19-12)20(7-17-9)13-15(3,21)10-8(25-13)6-24-27(28,26-10)23-5-2/h7-8,10,13,21H,4-6H2,1-3H3,(H2,16,18,19)/t8-,10-,13-,15-,27?/m1/s1. The van der Waals surface area contributed by atoms with Crippen LogP contribution in [-0.4, -0.2) is 62.3 Å². The van der Waals surface area contributed by atoms with Gasteiger partial charge >= 0.3 is 6.72 Å². The quantitative estimate of drug-likeness (QED) is 0.659. The van der Waals surface area contributed by atoms with Gasteiger partial charge in [0.2, 0.25) is 11.8 Å². The summed E-state index contributed by atoms with van der Waals surface area (Å²) in [5, 5.41) is 11.3. The van der Waals surface area contributed by atoms with Gasteiger partial charge in [0.15, 0.2) is 17.4 Å². The van der Waals surface area contributed by atoms with E-state index < -0.39 is 30.8 Å². The molecular weight excluding hydrogens is 409 g/mol. The summed E-state index contributed by atoms with van der Waals surface area (Å²) in [6, 6.07) is 0. The van der Waals surface area contributed by atoms with Gasteiger partial charge in [0.1, 0.15) is 17.8 Å². The predicted molar refractivity (Wildman–Crippen MR) is 102 cm³/mol. The highest BCUT2D eigenvalue weighted by atomic mass is 32.5. The average Bonchev–Trinajstić information content (AvgIpc) is 3.14. The van der Waals surface area contributed by atoms with Crippen LogP contribution in [0, 0.1) is 0 Å². The molecule has 0 spiro atoms. The van der Waals surface area contributed by atoms with Crippen molar-refractivity contribution >= 4 is 35.6 Å². The van der Waals surface area contributed by atoms with Gasteiger partial charge in [-0.3, -0.25) is 9.09 Å². The van der Waals surface area contributed by atoms with Crippen molar-refractivity contribution < 1.29 is 28.2 Å². The van der Waals surface area contributed by atoms with E-state index in [1.165, 1.54) is 6.33 Å². The molecule has 0 saturated carbocycles. The minimum atomic E-state index is -2.94. The van der Waals surface area contributed by atoms with Gasteiger partial charge in [-0.15, -0.1) is 0 Å². The van der Waals surface area contributed by atoms with Gasteiger partial charge in [0, 0.05) is 0 Å². The zero-order chi connectivity index (χ0) is 20.1. The molecule has 2 aromatic heterocycles. The van der Waals surface area contributed by atoms with E-state index in [0.717, 1.165) is 0 Å². The molecule has 0 aromatic carbocycles. The lowest BCUT2D eigenvalue weighted by atomic mass is 9.96. The maximum absolute atomic E-state index is 11.3. The Labute approximate surface area is 166 Å². The lowest BCUT2D eigenvalue weighted by Crippen LogP contribution is -2.47. The Bertz CT molecular complexity index is 939. The Morgan fingerprint density at radius 2 is 2.21 bits per heavy atom. The minimum Gasteiger partial charge on any atom is -0.476 e. The third kappa shape index (κ3) is 3.18. The molecular formula is C15H22N5O6PS. The molecule has 2 saturated heterocycles. The smallest absolute Gasteiger partial charge is 0.327 e. The number of nitrogens with two attached hydrogens (primary N) is 1. The van der Waals surface area contributed by atoms with Crippen molar-refractivity contribution in [2.45, 2.75) is 44.8 Å². The zero-order valence-corrected chi connectivity index (χ0v) is 17.4. The summed E-state index contributed by atoms with van der Waals surface area (Å²) < 4.78 is 30.1.